The fraction of sp³-hybridized carbons (Fsp3) is 0.292. The van der Waals surface area contributed by atoms with E-state index in [4.69, 9.17) is 0 Å². The smallest absolute Gasteiger partial charge is 0.370 e. The molecule has 12 heteroatoms. The molecule has 9 nitrogen and oxygen atoms in total. The lowest BCUT2D eigenvalue weighted by Gasteiger charge is -2.19. The van der Waals surface area contributed by atoms with Crippen LogP contribution in [0.2, 0.25) is 0 Å². The van der Waals surface area contributed by atoms with Crippen LogP contribution in [0.5, 0.6) is 0 Å². The number of nitrogens with zero attached hydrogens (tertiary/aromatic N) is 7. The van der Waals surface area contributed by atoms with Gasteiger partial charge in [0.25, 0.3) is 5.91 Å². The predicted octanol–water partition coefficient (Wildman–Crippen LogP) is 4.28. The number of nitrogens with one attached hydrogen (secondary N) is 1. The zero-order valence-corrected chi connectivity index (χ0v) is 19.8. The number of anilines is 2. The van der Waals surface area contributed by atoms with Crippen LogP contribution in [0.1, 0.15) is 34.8 Å². The minimum atomic E-state index is -4.57. The number of pyridine rings is 1. The fourth-order valence-electron chi connectivity index (χ4n) is 4.39. The molecule has 0 atom stereocenters. The Bertz CT molecular complexity index is 1460. The third kappa shape index (κ3) is 3.97. The minimum Gasteiger partial charge on any atom is -0.370 e. The Morgan fingerprint density at radius 1 is 1.14 bits per heavy atom. The van der Waals surface area contributed by atoms with Crippen LogP contribution < -0.4 is 10.2 Å². The lowest BCUT2D eigenvalue weighted by molar-refractivity contribution is -0.138. The second-order valence-electron chi connectivity index (χ2n) is 8.54. The number of rotatable bonds is 6. The normalized spacial score (nSPS) is 13.4. The number of carbonyl (C=O) groups excluding carboxylic acids is 1. The molecule has 3 aromatic heterocycles. The maximum absolute atomic E-state index is 13.6. The SMILES string of the molecule is CCCNc1cc(-c2c(-c3nncn3C)cnn2C)cc(N2Cc3c(cccc3C(F)(F)F)C2=O)n1. The van der Waals surface area contributed by atoms with Gasteiger partial charge in [-0.3, -0.25) is 14.4 Å². The molecule has 5 rings (SSSR count). The van der Waals surface area contributed by atoms with E-state index >= 15 is 0 Å². The standard InChI is InChI=1S/C24H23F3N8O/c1-4-8-28-19-9-14(21-16(11-30-34(21)3)22-32-29-13-33(22)2)10-20(31-19)35-12-17-15(23(35)36)6-5-7-18(17)24(25,26)27/h5-7,9-11,13H,4,8,12H2,1-3H3,(H,28,31). The van der Waals surface area contributed by atoms with Crippen molar-refractivity contribution in [3.63, 3.8) is 0 Å². The molecule has 4 aromatic rings. The van der Waals surface area contributed by atoms with Gasteiger partial charge >= 0.3 is 6.18 Å². The van der Waals surface area contributed by atoms with Crippen molar-refractivity contribution >= 4 is 17.5 Å². The Morgan fingerprint density at radius 3 is 2.64 bits per heavy atom. The third-order valence-corrected chi connectivity index (χ3v) is 6.08. The molecule has 0 saturated heterocycles. The highest BCUT2D eigenvalue weighted by Gasteiger charge is 2.40. The Hall–Kier alpha value is -4.22. The number of hydrogen-bond donors (Lipinski definition) is 1. The molecule has 1 aliphatic rings. The molecule has 0 aliphatic carbocycles. The van der Waals surface area contributed by atoms with E-state index in [1.807, 2.05) is 20.0 Å². The van der Waals surface area contributed by atoms with Crippen LogP contribution in [0.15, 0.2) is 42.9 Å². The van der Waals surface area contributed by atoms with Crippen LogP contribution in [0.4, 0.5) is 24.8 Å². The molecule has 0 saturated carbocycles. The van der Waals surface area contributed by atoms with Crippen molar-refractivity contribution in [3.05, 3.63) is 59.5 Å². The highest BCUT2D eigenvalue weighted by Crippen LogP contribution is 2.40. The maximum Gasteiger partial charge on any atom is 0.416 e. The number of halogens is 3. The summed E-state index contributed by atoms with van der Waals surface area (Å²) in [5.41, 5.74) is 1.26. The lowest BCUT2D eigenvalue weighted by atomic mass is 10.0. The number of carbonyl (C=O) groups is 1. The molecule has 1 aliphatic heterocycles. The molecule has 0 unspecified atom stereocenters. The van der Waals surface area contributed by atoms with Gasteiger partial charge in [0, 0.05) is 31.8 Å². The minimum absolute atomic E-state index is 0.0282. The molecule has 4 heterocycles. The van der Waals surface area contributed by atoms with E-state index in [1.165, 1.54) is 17.0 Å². The van der Waals surface area contributed by atoms with E-state index in [-0.39, 0.29) is 23.5 Å². The van der Waals surface area contributed by atoms with Gasteiger partial charge in [-0.2, -0.15) is 18.3 Å². The van der Waals surface area contributed by atoms with E-state index in [2.05, 4.69) is 25.6 Å². The molecular formula is C24H23F3N8O. The molecule has 0 spiro atoms. The highest BCUT2D eigenvalue weighted by atomic mass is 19.4. The average Bonchev–Trinajstić information content (AvgIpc) is 3.53. The van der Waals surface area contributed by atoms with Crippen molar-refractivity contribution < 1.29 is 18.0 Å². The van der Waals surface area contributed by atoms with Gasteiger partial charge in [-0.05, 0) is 36.2 Å². The van der Waals surface area contributed by atoms with Crippen LogP contribution in [0, 0.1) is 0 Å². The largest absolute Gasteiger partial charge is 0.416 e. The molecular weight excluding hydrogens is 473 g/mol. The number of aryl methyl sites for hydroxylation is 2. The Balaban J connectivity index is 1.63. The van der Waals surface area contributed by atoms with Crippen LogP contribution >= 0.6 is 0 Å². The maximum atomic E-state index is 13.6. The monoisotopic (exact) mass is 496 g/mol. The summed E-state index contributed by atoms with van der Waals surface area (Å²) in [6.07, 6.45) is -0.480. The summed E-state index contributed by atoms with van der Waals surface area (Å²) in [7, 11) is 3.59. The van der Waals surface area contributed by atoms with Crippen LogP contribution in [-0.2, 0) is 26.8 Å². The van der Waals surface area contributed by atoms with Gasteiger partial charge in [0.05, 0.1) is 29.6 Å². The zero-order valence-electron chi connectivity index (χ0n) is 19.8. The molecule has 1 aromatic carbocycles. The first-order valence-electron chi connectivity index (χ1n) is 11.3. The van der Waals surface area contributed by atoms with Crippen molar-refractivity contribution in [1.82, 2.24) is 29.5 Å². The van der Waals surface area contributed by atoms with E-state index in [9.17, 15) is 18.0 Å². The Morgan fingerprint density at radius 2 is 1.94 bits per heavy atom. The number of benzene rings is 1. The van der Waals surface area contributed by atoms with Gasteiger partial charge in [0.15, 0.2) is 5.82 Å². The number of alkyl halides is 3. The van der Waals surface area contributed by atoms with Crippen molar-refractivity contribution in [1.29, 1.82) is 0 Å². The van der Waals surface area contributed by atoms with E-state index in [1.54, 1.807) is 34.9 Å². The predicted molar refractivity (Wildman–Crippen MR) is 127 cm³/mol. The molecule has 0 fully saturated rings. The van der Waals surface area contributed by atoms with Crippen LogP contribution in [0.25, 0.3) is 22.6 Å². The third-order valence-electron chi connectivity index (χ3n) is 6.08. The van der Waals surface area contributed by atoms with Gasteiger partial charge in [0.1, 0.15) is 18.0 Å². The highest BCUT2D eigenvalue weighted by molar-refractivity contribution is 6.10. The van der Waals surface area contributed by atoms with Crippen molar-refractivity contribution in [2.24, 2.45) is 14.1 Å². The molecule has 1 N–H and O–H groups in total. The van der Waals surface area contributed by atoms with Crippen molar-refractivity contribution in [2.75, 3.05) is 16.8 Å². The number of amides is 1. The van der Waals surface area contributed by atoms with Gasteiger partial charge < -0.3 is 9.88 Å². The topological polar surface area (TPSA) is 93.8 Å². The first kappa shape index (κ1) is 23.5. The van der Waals surface area contributed by atoms with Crippen molar-refractivity contribution in [3.8, 4) is 22.6 Å². The van der Waals surface area contributed by atoms with Crippen LogP contribution in [-0.4, -0.2) is 42.0 Å². The molecule has 0 bridgehead atoms. The summed E-state index contributed by atoms with van der Waals surface area (Å²) in [6.45, 7) is 2.41. The van der Waals surface area contributed by atoms with E-state index in [0.29, 0.717) is 35.0 Å². The van der Waals surface area contributed by atoms with E-state index < -0.39 is 17.6 Å². The number of fused-ring (bicyclic) bond motifs is 1. The summed E-state index contributed by atoms with van der Waals surface area (Å²) in [6, 6.07) is 7.18. The van der Waals surface area contributed by atoms with Crippen molar-refractivity contribution in [2.45, 2.75) is 26.1 Å². The first-order valence-corrected chi connectivity index (χ1v) is 11.3. The summed E-state index contributed by atoms with van der Waals surface area (Å²) in [5.74, 6) is 0.805. The fourth-order valence-corrected chi connectivity index (χ4v) is 4.39. The summed E-state index contributed by atoms with van der Waals surface area (Å²) >= 11 is 0. The number of aromatic nitrogens is 6. The number of hydrogen-bond acceptors (Lipinski definition) is 6. The van der Waals surface area contributed by atoms with Gasteiger partial charge in [-0.1, -0.05) is 13.0 Å². The summed E-state index contributed by atoms with van der Waals surface area (Å²) in [4.78, 5) is 19.1. The summed E-state index contributed by atoms with van der Waals surface area (Å²) < 4.78 is 44.3. The second-order valence-corrected chi connectivity index (χ2v) is 8.54. The van der Waals surface area contributed by atoms with Crippen LogP contribution in [0.3, 0.4) is 0 Å². The summed E-state index contributed by atoms with van der Waals surface area (Å²) in [5, 5.41) is 15.7. The van der Waals surface area contributed by atoms with Gasteiger partial charge in [-0.15, -0.1) is 10.2 Å². The zero-order chi connectivity index (χ0) is 25.6. The Kier molecular flexibility index (Phi) is 5.73. The second kappa shape index (κ2) is 8.77. The van der Waals surface area contributed by atoms with Gasteiger partial charge in [0.2, 0.25) is 0 Å². The quantitative estimate of drug-likeness (QED) is 0.428. The molecule has 36 heavy (non-hydrogen) atoms. The molecule has 1 amide bonds. The molecule has 186 valence electrons. The first-order chi connectivity index (χ1) is 17.2. The molecule has 0 radical (unpaired) electrons. The lowest BCUT2D eigenvalue weighted by Crippen LogP contribution is -2.24. The van der Waals surface area contributed by atoms with Gasteiger partial charge in [-0.25, -0.2) is 4.98 Å². The van der Waals surface area contributed by atoms with E-state index in [0.717, 1.165) is 12.5 Å². The average molecular weight is 496 g/mol. The Labute approximate surface area is 204 Å².